The second-order valence-electron chi connectivity index (χ2n) is 5.40. The molecular formula is C19H22O3. The molecule has 0 fully saturated rings. The van der Waals surface area contributed by atoms with Crippen molar-refractivity contribution in [3.8, 4) is 0 Å². The van der Waals surface area contributed by atoms with Gasteiger partial charge in [-0.3, -0.25) is 4.79 Å². The molecule has 116 valence electrons. The lowest BCUT2D eigenvalue weighted by atomic mass is 9.98. The Morgan fingerprint density at radius 1 is 0.909 bits per heavy atom. The number of aliphatic hydroxyl groups excluding tert-OH is 2. The van der Waals surface area contributed by atoms with Crippen molar-refractivity contribution >= 4 is 5.78 Å². The molecule has 3 heteroatoms. The Labute approximate surface area is 131 Å². The number of carbonyl (C=O) groups excluding carboxylic acids is 1. The maximum atomic E-state index is 11.7. The lowest BCUT2D eigenvalue weighted by Crippen LogP contribution is -2.00. The van der Waals surface area contributed by atoms with Crippen LogP contribution in [0.4, 0.5) is 0 Å². The summed E-state index contributed by atoms with van der Waals surface area (Å²) >= 11 is 0. The number of aryl methyl sites for hydroxylation is 2. The van der Waals surface area contributed by atoms with Gasteiger partial charge in [-0.2, -0.15) is 0 Å². The topological polar surface area (TPSA) is 57.5 Å². The van der Waals surface area contributed by atoms with Crippen LogP contribution in [0.25, 0.3) is 0 Å². The summed E-state index contributed by atoms with van der Waals surface area (Å²) < 4.78 is 0. The third kappa shape index (κ3) is 4.03. The molecule has 0 saturated carbocycles. The van der Waals surface area contributed by atoms with E-state index in [1.54, 1.807) is 0 Å². The second kappa shape index (κ2) is 7.87. The molecule has 0 unspecified atom stereocenters. The summed E-state index contributed by atoms with van der Waals surface area (Å²) in [6, 6.07) is 13.5. The molecule has 2 aromatic rings. The third-order valence-electron chi connectivity index (χ3n) is 3.88. The van der Waals surface area contributed by atoms with E-state index in [-0.39, 0.29) is 19.0 Å². The summed E-state index contributed by atoms with van der Waals surface area (Å²) in [6.07, 6.45) is 2.20. The van der Waals surface area contributed by atoms with Gasteiger partial charge >= 0.3 is 0 Å². The number of hydrogen-bond donors (Lipinski definition) is 2. The highest BCUT2D eigenvalue weighted by Gasteiger charge is 2.05. The quantitative estimate of drug-likeness (QED) is 0.772. The largest absolute Gasteiger partial charge is 0.392 e. The minimum absolute atomic E-state index is 0.0582. The predicted molar refractivity (Wildman–Crippen MR) is 86.8 cm³/mol. The van der Waals surface area contributed by atoms with Crippen LogP contribution < -0.4 is 0 Å². The van der Waals surface area contributed by atoms with Crippen LogP contribution in [-0.4, -0.2) is 16.0 Å². The first-order valence-electron chi connectivity index (χ1n) is 7.62. The van der Waals surface area contributed by atoms with E-state index in [1.165, 1.54) is 0 Å². The number of aliphatic hydroxyl groups is 2. The minimum atomic E-state index is -0.0653. The lowest BCUT2D eigenvalue weighted by Gasteiger charge is -2.09. The van der Waals surface area contributed by atoms with Crippen LogP contribution >= 0.6 is 0 Å². The van der Waals surface area contributed by atoms with E-state index in [2.05, 4.69) is 0 Å². The van der Waals surface area contributed by atoms with Crippen molar-refractivity contribution in [1.29, 1.82) is 0 Å². The first-order valence-corrected chi connectivity index (χ1v) is 7.62. The van der Waals surface area contributed by atoms with Crippen LogP contribution in [0.15, 0.2) is 42.5 Å². The Morgan fingerprint density at radius 2 is 1.59 bits per heavy atom. The standard InChI is InChI=1S/C19H22O3/c1-2-19(22)16-5-3-4-14(10-16)6-7-15-8-9-17(12-20)18(11-15)13-21/h3-5,8-11,20-21H,2,6-7,12-13H2,1H3. The van der Waals surface area contributed by atoms with Gasteiger partial charge in [-0.05, 0) is 41.2 Å². The average molecular weight is 298 g/mol. The normalized spacial score (nSPS) is 10.7. The van der Waals surface area contributed by atoms with Crippen LogP contribution in [0, 0.1) is 0 Å². The maximum Gasteiger partial charge on any atom is 0.162 e. The fraction of sp³-hybridized carbons (Fsp3) is 0.316. The molecule has 0 radical (unpaired) electrons. The molecule has 2 rings (SSSR count). The van der Waals surface area contributed by atoms with Crippen LogP contribution in [0.2, 0.25) is 0 Å². The Balaban J connectivity index is 2.08. The maximum absolute atomic E-state index is 11.7. The molecule has 0 atom stereocenters. The molecule has 0 aliphatic heterocycles. The van der Waals surface area contributed by atoms with Crippen LogP contribution in [0.5, 0.6) is 0 Å². The smallest absolute Gasteiger partial charge is 0.162 e. The zero-order valence-corrected chi connectivity index (χ0v) is 12.9. The van der Waals surface area contributed by atoms with Crippen LogP contribution in [0.3, 0.4) is 0 Å². The van der Waals surface area contributed by atoms with Crippen molar-refractivity contribution in [3.05, 3.63) is 70.3 Å². The van der Waals surface area contributed by atoms with Gasteiger partial charge in [0.05, 0.1) is 13.2 Å². The summed E-state index contributed by atoms with van der Waals surface area (Å²) in [5.74, 6) is 0.164. The van der Waals surface area contributed by atoms with Gasteiger partial charge in [0.25, 0.3) is 0 Å². The summed E-state index contributed by atoms with van der Waals surface area (Å²) in [6.45, 7) is 1.75. The van der Waals surface area contributed by atoms with E-state index in [0.29, 0.717) is 6.42 Å². The first-order chi connectivity index (χ1) is 10.7. The summed E-state index contributed by atoms with van der Waals surface area (Å²) in [5.41, 5.74) is 4.56. The monoisotopic (exact) mass is 298 g/mol. The predicted octanol–water partition coefficient (Wildman–Crippen LogP) is 3.05. The van der Waals surface area contributed by atoms with Gasteiger partial charge in [-0.15, -0.1) is 0 Å². The van der Waals surface area contributed by atoms with Gasteiger partial charge in [-0.25, -0.2) is 0 Å². The van der Waals surface area contributed by atoms with E-state index in [1.807, 2.05) is 49.4 Å². The van der Waals surface area contributed by atoms with E-state index in [4.69, 9.17) is 0 Å². The van der Waals surface area contributed by atoms with E-state index in [0.717, 1.165) is 40.7 Å². The number of carbonyl (C=O) groups is 1. The molecule has 0 heterocycles. The molecule has 22 heavy (non-hydrogen) atoms. The van der Waals surface area contributed by atoms with Gasteiger partial charge in [0.1, 0.15) is 0 Å². The number of rotatable bonds is 7. The number of benzene rings is 2. The number of ketones is 1. The van der Waals surface area contributed by atoms with Crippen molar-refractivity contribution in [3.63, 3.8) is 0 Å². The average Bonchev–Trinajstić information content (AvgIpc) is 2.59. The molecule has 0 aliphatic carbocycles. The first kappa shape index (κ1) is 16.4. The molecular weight excluding hydrogens is 276 g/mol. The van der Waals surface area contributed by atoms with Crippen LogP contribution in [0.1, 0.15) is 46.0 Å². The van der Waals surface area contributed by atoms with Gasteiger partial charge < -0.3 is 10.2 Å². The van der Waals surface area contributed by atoms with Crippen molar-refractivity contribution in [2.45, 2.75) is 39.4 Å². The Bertz CT molecular complexity index is 647. The zero-order chi connectivity index (χ0) is 15.9. The molecule has 0 amide bonds. The summed E-state index contributed by atoms with van der Waals surface area (Å²) in [7, 11) is 0. The van der Waals surface area contributed by atoms with Crippen LogP contribution in [-0.2, 0) is 26.1 Å². The summed E-state index contributed by atoms with van der Waals surface area (Å²) in [5, 5.41) is 18.5. The van der Waals surface area contributed by atoms with Gasteiger partial charge in [0, 0.05) is 12.0 Å². The molecule has 0 aliphatic rings. The van der Waals surface area contributed by atoms with Gasteiger partial charge in [-0.1, -0.05) is 43.3 Å². The van der Waals surface area contributed by atoms with E-state index >= 15 is 0 Å². The summed E-state index contributed by atoms with van der Waals surface area (Å²) in [4.78, 5) is 11.7. The minimum Gasteiger partial charge on any atom is -0.392 e. The van der Waals surface area contributed by atoms with Gasteiger partial charge in [0.2, 0.25) is 0 Å². The fourth-order valence-electron chi connectivity index (χ4n) is 2.53. The van der Waals surface area contributed by atoms with E-state index < -0.39 is 0 Å². The second-order valence-corrected chi connectivity index (χ2v) is 5.40. The third-order valence-corrected chi connectivity index (χ3v) is 3.88. The molecule has 0 aromatic heterocycles. The molecule has 2 aromatic carbocycles. The Kier molecular flexibility index (Phi) is 5.87. The van der Waals surface area contributed by atoms with Crippen molar-refractivity contribution in [2.75, 3.05) is 0 Å². The molecule has 3 nitrogen and oxygen atoms in total. The molecule has 0 bridgehead atoms. The molecule has 0 saturated heterocycles. The van der Waals surface area contributed by atoms with Crippen molar-refractivity contribution in [2.24, 2.45) is 0 Å². The highest BCUT2D eigenvalue weighted by atomic mass is 16.3. The van der Waals surface area contributed by atoms with Gasteiger partial charge in [0.15, 0.2) is 5.78 Å². The number of Topliss-reactive ketones (excluding diaryl/α,β-unsaturated/α-hetero) is 1. The van der Waals surface area contributed by atoms with Crippen molar-refractivity contribution in [1.82, 2.24) is 0 Å². The molecule has 0 spiro atoms. The number of hydrogen-bond acceptors (Lipinski definition) is 3. The lowest BCUT2D eigenvalue weighted by molar-refractivity contribution is 0.0988. The van der Waals surface area contributed by atoms with Crippen molar-refractivity contribution < 1.29 is 15.0 Å². The Hall–Kier alpha value is -1.97. The highest BCUT2D eigenvalue weighted by Crippen LogP contribution is 2.16. The van der Waals surface area contributed by atoms with E-state index in [9.17, 15) is 15.0 Å². The zero-order valence-electron chi connectivity index (χ0n) is 12.9. The highest BCUT2D eigenvalue weighted by molar-refractivity contribution is 5.95. The fourth-order valence-corrected chi connectivity index (χ4v) is 2.53. The Morgan fingerprint density at radius 3 is 2.23 bits per heavy atom. The SMILES string of the molecule is CCC(=O)c1cccc(CCc2ccc(CO)c(CO)c2)c1. The molecule has 2 N–H and O–H groups in total.